The molecule has 1 atom stereocenters. The van der Waals surface area contributed by atoms with Crippen molar-refractivity contribution in [3.8, 4) is 0 Å². The Labute approximate surface area is 162 Å². The number of carbonyl (C=O) groups is 1. The van der Waals surface area contributed by atoms with Gasteiger partial charge in [0.25, 0.3) is 5.91 Å². The van der Waals surface area contributed by atoms with E-state index < -0.39 is 15.8 Å². The lowest BCUT2D eigenvalue weighted by Crippen LogP contribution is -2.38. The number of nitrogens with zero attached hydrogens (tertiary/aromatic N) is 4. The van der Waals surface area contributed by atoms with Gasteiger partial charge in [-0.1, -0.05) is 5.21 Å². The van der Waals surface area contributed by atoms with Crippen LogP contribution in [0.3, 0.4) is 0 Å². The Balaban J connectivity index is 1.69. The van der Waals surface area contributed by atoms with Crippen molar-refractivity contribution in [3.05, 3.63) is 42.0 Å². The van der Waals surface area contributed by atoms with Crippen molar-refractivity contribution in [1.82, 2.24) is 24.6 Å². The summed E-state index contributed by atoms with van der Waals surface area (Å²) in [7, 11) is -2.20. The van der Waals surface area contributed by atoms with Gasteiger partial charge in [0.05, 0.1) is 24.2 Å². The Bertz CT molecular complexity index is 916. The molecule has 1 aromatic carbocycles. The van der Waals surface area contributed by atoms with Crippen molar-refractivity contribution in [2.24, 2.45) is 0 Å². The van der Waals surface area contributed by atoms with Crippen molar-refractivity contribution in [2.75, 3.05) is 26.8 Å². The zero-order valence-electron chi connectivity index (χ0n) is 15.4. The second-order valence-electron chi connectivity index (χ2n) is 6.44. The van der Waals surface area contributed by atoms with Crippen LogP contribution < -0.4 is 5.32 Å². The Morgan fingerprint density at radius 2 is 2.11 bits per heavy atom. The van der Waals surface area contributed by atoms with Gasteiger partial charge < -0.3 is 10.1 Å². The molecule has 28 heavy (non-hydrogen) atoms. The van der Waals surface area contributed by atoms with Gasteiger partial charge in [-0.3, -0.25) is 9.48 Å². The minimum Gasteiger partial charge on any atom is -0.383 e. The third-order valence-electron chi connectivity index (χ3n) is 4.50. The van der Waals surface area contributed by atoms with Crippen LogP contribution in [0.2, 0.25) is 0 Å². The van der Waals surface area contributed by atoms with Crippen LogP contribution in [0.1, 0.15) is 23.3 Å². The Hall–Kier alpha value is -2.37. The van der Waals surface area contributed by atoms with Crippen molar-refractivity contribution >= 4 is 15.9 Å². The SMILES string of the molecule is COCCNC(=O)c1cn(CC2CCCN2S(=O)(=O)c2ccc(F)cc2)nn1. The van der Waals surface area contributed by atoms with Crippen molar-refractivity contribution < 1.29 is 22.3 Å². The highest BCUT2D eigenvalue weighted by molar-refractivity contribution is 7.89. The summed E-state index contributed by atoms with van der Waals surface area (Å²) >= 11 is 0. The average Bonchev–Trinajstić information content (AvgIpc) is 3.32. The number of aromatic nitrogens is 3. The zero-order valence-corrected chi connectivity index (χ0v) is 16.2. The van der Waals surface area contributed by atoms with Crippen LogP contribution in [-0.2, 0) is 21.3 Å². The molecule has 1 fully saturated rings. The van der Waals surface area contributed by atoms with Gasteiger partial charge in [0.2, 0.25) is 10.0 Å². The lowest BCUT2D eigenvalue weighted by Gasteiger charge is -2.23. The summed E-state index contributed by atoms with van der Waals surface area (Å²) in [4.78, 5) is 12.0. The van der Waals surface area contributed by atoms with E-state index in [9.17, 15) is 17.6 Å². The Kier molecular flexibility index (Phi) is 6.37. The molecule has 1 N–H and O–H groups in total. The predicted molar refractivity (Wildman–Crippen MR) is 97.5 cm³/mol. The van der Waals surface area contributed by atoms with E-state index in [4.69, 9.17) is 4.74 Å². The molecule has 0 radical (unpaired) electrons. The molecule has 2 heterocycles. The zero-order chi connectivity index (χ0) is 20.1. The number of methoxy groups -OCH3 is 1. The van der Waals surface area contributed by atoms with E-state index >= 15 is 0 Å². The van der Waals surface area contributed by atoms with Gasteiger partial charge in [-0.15, -0.1) is 5.10 Å². The lowest BCUT2D eigenvalue weighted by atomic mass is 10.2. The summed E-state index contributed by atoms with van der Waals surface area (Å²) in [5.74, 6) is -0.860. The van der Waals surface area contributed by atoms with Crippen LogP contribution in [0.4, 0.5) is 4.39 Å². The second-order valence-corrected chi connectivity index (χ2v) is 8.33. The number of sulfonamides is 1. The van der Waals surface area contributed by atoms with Crippen LogP contribution in [0.5, 0.6) is 0 Å². The molecule has 1 unspecified atom stereocenters. The van der Waals surface area contributed by atoms with E-state index in [0.717, 1.165) is 12.1 Å². The van der Waals surface area contributed by atoms with Crippen molar-refractivity contribution in [3.63, 3.8) is 0 Å². The lowest BCUT2D eigenvalue weighted by molar-refractivity contribution is 0.0932. The van der Waals surface area contributed by atoms with E-state index in [-0.39, 0.29) is 29.1 Å². The first-order valence-electron chi connectivity index (χ1n) is 8.86. The maximum absolute atomic E-state index is 13.1. The fourth-order valence-corrected chi connectivity index (χ4v) is 4.80. The third-order valence-corrected chi connectivity index (χ3v) is 6.47. The Morgan fingerprint density at radius 3 is 2.82 bits per heavy atom. The summed E-state index contributed by atoms with van der Waals surface area (Å²) in [6.45, 7) is 1.40. The number of amides is 1. The highest BCUT2D eigenvalue weighted by Crippen LogP contribution is 2.27. The predicted octanol–water partition coefficient (Wildman–Crippen LogP) is 0.647. The van der Waals surface area contributed by atoms with Gasteiger partial charge in [0, 0.05) is 26.2 Å². The summed E-state index contributed by atoms with van der Waals surface area (Å²) in [6, 6.07) is 4.46. The van der Waals surface area contributed by atoms with E-state index in [0.29, 0.717) is 32.5 Å². The van der Waals surface area contributed by atoms with Gasteiger partial charge >= 0.3 is 0 Å². The average molecular weight is 411 g/mol. The highest BCUT2D eigenvalue weighted by Gasteiger charge is 2.35. The molecule has 0 saturated carbocycles. The summed E-state index contributed by atoms with van der Waals surface area (Å²) < 4.78 is 46.6. The number of halogens is 1. The number of hydrogen-bond acceptors (Lipinski definition) is 6. The maximum Gasteiger partial charge on any atom is 0.273 e. The second kappa shape index (κ2) is 8.76. The normalized spacial score (nSPS) is 17.7. The molecule has 152 valence electrons. The minimum atomic E-state index is -3.74. The molecule has 1 amide bonds. The number of ether oxygens (including phenoxy) is 1. The quantitative estimate of drug-likeness (QED) is 0.639. The van der Waals surface area contributed by atoms with E-state index in [1.54, 1.807) is 0 Å². The van der Waals surface area contributed by atoms with E-state index in [1.807, 2.05) is 0 Å². The summed E-state index contributed by atoms with van der Waals surface area (Å²) in [6.07, 6.45) is 2.86. The molecule has 11 heteroatoms. The molecule has 1 aromatic heterocycles. The van der Waals surface area contributed by atoms with Crippen LogP contribution in [0.15, 0.2) is 35.4 Å². The van der Waals surface area contributed by atoms with Gasteiger partial charge in [-0.2, -0.15) is 4.31 Å². The number of rotatable bonds is 8. The van der Waals surface area contributed by atoms with Gasteiger partial charge in [0.1, 0.15) is 5.82 Å². The molecule has 2 aromatic rings. The third kappa shape index (κ3) is 4.54. The van der Waals surface area contributed by atoms with Crippen LogP contribution in [0, 0.1) is 5.82 Å². The molecule has 0 bridgehead atoms. The van der Waals surface area contributed by atoms with E-state index in [1.165, 1.54) is 34.4 Å². The number of hydrogen-bond donors (Lipinski definition) is 1. The molecule has 3 rings (SSSR count). The topological polar surface area (TPSA) is 106 Å². The largest absolute Gasteiger partial charge is 0.383 e. The first-order chi connectivity index (χ1) is 13.4. The number of carbonyl (C=O) groups excluding carboxylic acids is 1. The molecule has 1 aliphatic rings. The first-order valence-corrected chi connectivity index (χ1v) is 10.3. The summed E-state index contributed by atoms with van der Waals surface area (Å²) in [5.41, 5.74) is 0.155. The van der Waals surface area contributed by atoms with Crippen molar-refractivity contribution in [2.45, 2.75) is 30.3 Å². The van der Waals surface area contributed by atoms with Crippen LogP contribution in [-0.4, -0.2) is 66.5 Å². The molecular formula is C17H22FN5O4S. The first kappa shape index (κ1) is 20.4. The molecule has 0 spiro atoms. The Morgan fingerprint density at radius 1 is 1.36 bits per heavy atom. The van der Waals surface area contributed by atoms with Gasteiger partial charge in [-0.05, 0) is 37.1 Å². The van der Waals surface area contributed by atoms with Crippen LogP contribution >= 0.6 is 0 Å². The molecule has 0 aliphatic carbocycles. The van der Waals surface area contributed by atoms with Crippen molar-refractivity contribution in [1.29, 1.82) is 0 Å². The fraction of sp³-hybridized carbons (Fsp3) is 0.471. The minimum absolute atomic E-state index is 0.0533. The fourth-order valence-electron chi connectivity index (χ4n) is 3.11. The molecule has 9 nitrogen and oxygen atoms in total. The molecular weight excluding hydrogens is 389 g/mol. The van der Waals surface area contributed by atoms with Gasteiger partial charge in [0.15, 0.2) is 5.69 Å². The molecule has 1 saturated heterocycles. The standard InChI is InChI=1S/C17H22FN5O4S/c1-27-10-8-19-17(24)16-12-22(21-20-16)11-14-3-2-9-23(14)28(25,26)15-6-4-13(18)5-7-15/h4-7,12,14H,2-3,8-11H2,1H3,(H,19,24). The van der Waals surface area contributed by atoms with E-state index in [2.05, 4.69) is 15.6 Å². The number of benzene rings is 1. The van der Waals surface area contributed by atoms with Crippen LogP contribution in [0.25, 0.3) is 0 Å². The monoisotopic (exact) mass is 411 g/mol. The number of nitrogens with one attached hydrogen (secondary N) is 1. The summed E-state index contributed by atoms with van der Waals surface area (Å²) in [5, 5.41) is 10.4. The van der Waals surface area contributed by atoms with Gasteiger partial charge in [-0.25, -0.2) is 12.8 Å². The smallest absolute Gasteiger partial charge is 0.273 e. The molecule has 1 aliphatic heterocycles. The highest BCUT2D eigenvalue weighted by atomic mass is 32.2. The maximum atomic E-state index is 13.1.